The van der Waals surface area contributed by atoms with Gasteiger partial charge in [0, 0.05) is 37.9 Å². The molecule has 0 heterocycles. The first-order valence-corrected chi connectivity index (χ1v) is 8.59. The minimum absolute atomic E-state index is 0.239. The molecule has 12 heteroatoms. The van der Waals surface area contributed by atoms with Crippen molar-refractivity contribution in [2.45, 2.75) is 24.3 Å². The van der Waals surface area contributed by atoms with Gasteiger partial charge in [0.1, 0.15) is 5.56 Å². The molecule has 1 aromatic carbocycles. The van der Waals surface area contributed by atoms with Crippen LogP contribution in [-0.4, -0.2) is 59.1 Å². The summed E-state index contributed by atoms with van der Waals surface area (Å²) in [6, 6.07) is 2.81. The number of nitro benzene ring substituents is 1. The van der Waals surface area contributed by atoms with Crippen LogP contribution in [0.15, 0.2) is 23.1 Å². The highest BCUT2D eigenvalue weighted by atomic mass is 32.2. The monoisotopic (exact) mass is 377 g/mol. The van der Waals surface area contributed by atoms with Crippen molar-refractivity contribution in [1.29, 1.82) is 0 Å². The molecule has 0 radical (unpaired) electrons. The van der Waals surface area contributed by atoms with Crippen molar-refractivity contribution in [2.75, 3.05) is 26.3 Å². The lowest BCUT2D eigenvalue weighted by molar-refractivity contribution is -0.570. The van der Waals surface area contributed by atoms with Gasteiger partial charge in [-0.3, -0.25) is 20.2 Å². The topological polar surface area (TPSA) is 164 Å². The van der Waals surface area contributed by atoms with E-state index in [1.165, 1.54) is 13.8 Å². The zero-order valence-corrected chi connectivity index (χ0v) is 14.5. The van der Waals surface area contributed by atoms with E-state index in [0.717, 1.165) is 22.5 Å². The molecule has 0 aliphatic heterocycles. The van der Waals surface area contributed by atoms with Crippen LogP contribution in [0.3, 0.4) is 0 Å². The molecule has 11 nitrogen and oxygen atoms in total. The molecule has 25 heavy (non-hydrogen) atoms. The van der Waals surface area contributed by atoms with Gasteiger partial charge in [0.15, 0.2) is 0 Å². The highest BCUT2D eigenvalue weighted by Gasteiger charge is 2.40. The highest BCUT2D eigenvalue weighted by molar-refractivity contribution is 7.89. The van der Waals surface area contributed by atoms with Crippen molar-refractivity contribution in [2.24, 2.45) is 0 Å². The smallest absolute Gasteiger partial charge is 0.281 e. The molecule has 1 rings (SSSR count). The molecule has 0 spiro atoms. The lowest BCUT2D eigenvalue weighted by atomic mass is 9.93. The largest absolute Gasteiger partial charge is 0.395 e. The van der Waals surface area contributed by atoms with Crippen LogP contribution in [0, 0.1) is 20.2 Å². The zero-order valence-electron chi connectivity index (χ0n) is 13.7. The quantitative estimate of drug-likeness (QED) is 0.451. The summed E-state index contributed by atoms with van der Waals surface area (Å²) in [5.74, 6) is 0. The molecular formula is C13H19N3O8S. The first-order valence-electron chi connectivity index (χ1n) is 7.15. The van der Waals surface area contributed by atoms with Gasteiger partial charge in [0.05, 0.1) is 23.0 Å². The van der Waals surface area contributed by atoms with E-state index in [1.807, 2.05) is 0 Å². The molecule has 0 unspecified atom stereocenters. The van der Waals surface area contributed by atoms with Gasteiger partial charge >= 0.3 is 0 Å². The third-order valence-electron chi connectivity index (χ3n) is 3.62. The number of hydrogen-bond donors (Lipinski definition) is 2. The molecule has 0 aromatic heterocycles. The number of sulfonamides is 1. The third-order valence-corrected chi connectivity index (χ3v) is 5.51. The summed E-state index contributed by atoms with van der Waals surface area (Å²) in [6.07, 6.45) is 0. The van der Waals surface area contributed by atoms with E-state index >= 15 is 0 Å². The molecule has 0 aliphatic carbocycles. The van der Waals surface area contributed by atoms with Crippen LogP contribution in [0.25, 0.3) is 0 Å². The molecule has 0 bridgehead atoms. The Morgan fingerprint density at radius 2 is 1.64 bits per heavy atom. The van der Waals surface area contributed by atoms with Gasteiger partial charge < -0.3 is 10.2 Å². The minimum Gasteiger partial charge on any atom is -0.395 e. The Morgan fingerprint density at radius 3 is 2.04 bits per heavy atom. The zero-order chi connectivity index (χ0) is 19.4. The second-order valence-electron chi connectivity index (χ2n) is 5.60. The Balaban J connectivity index is 3.53. The maximum atomic E-state index is 12.5. The maximum Gasteiger partial charge on any atom is 0.281 e. The van der Waals surface area contributed by atoms with E-state index in [4.69, 9.17) is 10.2 Å². The summed E-state index contributed by atoms with van der Waals surface area (Å²) < 4.78 is 25.8. The third kappa shape index (κ3) is 4.28. The Kier molecular flexibility index (Phi) is 6.54. The number of rotatable bonds is 9. The van der Waals surface area contributed by atoms with Gasteiger partial charge in [-0.25, -0.2) is 8.42 Å². The number of aliphatic hydroxyl groups excluding tert-OH is 2. The number of hydrogen-bond acceptors (Lipinski definition) is 8. The lowest BCUT2D eigenvalue weighted by Crippen LogP contribution is -2.36. The molecule has 0 saturated heterocycles. The lowest BCUT2D eigenvalue weighted by Gasteiger charge is -2.21. The van der Waals surface area contributed by atoms with Gasteiger partial charge in [0.2, 0.25) is 15.6 Å². The van der Waals surface area contributed by atoms with Crippen LogP contribution < -0.4 is 0 Å². The van der Waals surface area contributed by atoms with E-state index < -0.39 is 49.2 Å². The molecule has 0 fully saturated rings. The van der Waals surface area contributed by atoms with Crippen LogP contribution in [0.1, 0.15) is 19.4 Å². The van der Waals surface area contributed by atoms with Crippen molar-refractivity contribution in [1.82, 2.24) is 4.31 Å². The number of nitrogens with zero attached hydrogens (tertiary/aromatic N) is 3. The summed E-state index contributed by atoms with van der Waals surface area (Å²) in [5.41, 5.74) is -2.73. The maximum absolute atomic E-state index is 12.5. The highest BCUT2D eigenvalue weighted by Crippen LogP contribution is 2.34. The molecule has 0 saturated carbocycles. The molecule has 1 aromatic rings. The van der Waals surface area contributed by atoms with E-state index in [-0.39, 0.29) is 18.7 Å². The first-order chi connectivity index (χ1) is 11.5. The van der Waals surface area contributed by atoms with Gasteiger partial charge in [0.25, 0.3) is 5.69 Å². The first kappa shape index (κ1) is 20.9. The summed E-state index contributed by atoms with van der Waals surface area (Å²) in [7, 11) is -4.22. The fourth-order valence-electron chi connectivity index (χ4n) is 2.16. The van der Waals surface area contributed by atoms with Crippen molar-refractivity contribution in [3.63, 3.8) is 0 Å². The minimum atomic E-state index is -4.22. The van der Waals surface area contributed by atoms with Crippen molar-refractivity contribution in [3.8, 4) is 0 Å². The average molecular weight is 377 g/mol. The normalized spacial score (nSPS) is 12.4. The Bertz CT molecular complexity index is 757. The van der Waals surface area contributed by atoms with Crippen molar-refractivity contribution >= 4 is 15.7 Å². The summed E-state index contributed by atoms with van der Waals surface area (Å²) in [6.45, 7) is 0.722. The van der Waals surface area contributed by atoms with Gasteiger partial charge in [-0.1, -0.05) is 0 Å². The number of aliphatic hydroxyl groups is 2. The molecular weight excluding hydrogens is 358 g/mol. The van der Waals surface area contributed by atoms with Crippen molar-refractivity contribution in [3.05, 3.63) is 44.0 Å². The standard InChI is InChI=1S/C13H19N3O8S/c1-13(2,16(21)22)11-4-3-10(9-12(11)15(19)20)25(23,24)14(5-7-17)6-8-18/h3-4,9,17-18H,5-8H2,1-2H3. The average Bonchev–Trinajstić information content (AvgIpc) is 2.53. The Labute approximate surface area is 143 Å². The van der Waals surface area contributed by atoms with E-state index in [9.17, 15) is 28.6 Å². The Morgan fingerprint density at radius 1 is 1.12 bits per heavy atom. The van der Waals surface area contributed by atoms with Crippen molar-refractivity contribution < 1.29 is 28.5 Å². The van der Waals surface area contributed by atoms with Gasteiger partial charge in [-0.15, -0.1) is 0 Å². The predicted octanol–water partition coefficient (Wildman–Crippen LogP) is 0.0819. The van der Waals surface area contributed by atoms with Gasteiger partial charge in [-0.2, -0.15) is 4.31 Å². The fourth-order valence-corrected chi connectivity index (χ4v) is 3.61. The summed E-state index contributed by atoms with van der Waals surface area (Å²) >= 11 is 0. The molecule has 0 aliphatic rings. The van der Waals surface area contributed by atoms with Crippen LogP contribution in [0.5, 0.6) is 0 Å². The van der Waals surface area contributed by atoms with E-state index in [2.05, 4.69) is 0 Å². The second kappa shape index (κ2) is 7.82. The van der Waals surface area contributed by atoms with E-state index in [0.29, 0.717) is 0 Å². The molecule has 0 atom stereocenters. The number of nitro groups is 2. The predicted molar refractivity (Wildman–Crippen MR) is 86.0 cm³/mol. The van der Waals surface area contributed by atoms with Gasteiger partial charge in [-0.05, 0) is 12.1 Å². The van der Waals surface area contributed by atoms with Crippen LogP contribution in [-0.2, 0) is 15.6 Å². The second-order valence-corrected chi connectivity index (χ2v) is 7.54. The molecule has 140 valence electrons. The van der Waals surface area contributed by atoms with E-state index in [1.54, 1.807) is 0 Å². The molecule has 0 amide bonds. The SMILES string of the molecule is CC(C)(c1ccc(S(=O)(=O)N(CCO)CCO)cc1[N+](=O)[O-])[N+](=O)[O-]. The summed E-state index contributed by atoms with van der Waals surface area (Å²) in [5, 5.41) is 40.4. The van der Waals surface area contributed by atoms with Crippen LogP contribution in [0.4, 0.5) is 5.69 Å². The Hall–Kier alpha value is -2.15. The molecule has 2 N–H and O–H groups in total. The summed E-state index contributed by atoms with van der Waals surface area (Å²) in [4.78, 5) is 20.4. The fraction of sp³-hybridized carbons (Fsp3) is 0.538. The van der Waals surface area contributed by atoms with Crippen LogP contribution >= 0.6 is 0 Å². The number of benzene rings is 1. The van der Waals surface area contributed by atoms with Crippen LogP contribution in [0.2, 0.25) is 0 Å².